The number of ether oxygens (including phenoxy) is 1. The van der Waals surface area contributed by atoms with Crippen LogP contribution in [0, 0.1) is 23.7 Å². The van der Waals surface area contributed by atoms with Gasteiger partial charge in [-0.15, -0.1) is 0 Å². The van der Waals surface area contributed by atoms with Gasteiger partial charge < -0.3 is 4.74 Å². The van der Waals surface area contributed by atoms with Gasteiger partial charge in [0.1, 0.15) is 6.61 Å². The van der Waals surface area contributed by atoms with Gasteiger partial charge in [0.25, 0.3) is 0 Å². The first kappa shape index (κ1) is 14.1. The normalized spacial score (nSPS) is 8.56. The van der Waals surface area contributed by atoms with Crippen LogP contribution >= 0.6 is 0 Å². The van der Waals surface area contributed by atoms with E-state index in [2.05, 4.69) is 37.2 Å². The Balaban J connectivity index is 3.67. The van der Waals surface area contributed by atoms with Crippen LogP contribution in [0.4, 0.5) is 0 Å². The second-order valence-corrected chi connectivity index (χ2v) is 2.85. The van der Waals surface area contributed by atoms with E-state index in [0.29, 0.717) is 13.0 Å². The third-order valence-corrected chi connectivity index (χ3v) is 1.46. The van der Waals surface area contributed by atoms with Gasteiger partial charge in [-0.3, -0.25) is 0 Å². The Morgan fingerprint density at radius 2 is 2.06 bits per heavy atom. The molecule has 0 saturated heterocycles. The zero-order valence-corrected chi connectivity index (χ0v) is 9.58. The third-order valence-electron chi connectivity index (χ3n) is 1.46. The lowest BCUT2D eigenvalue weighted by atomic mass is 10.3. The second kappa shape index (κ2) is 11.1. The van der Waals surface area contributed by atoms with Crippen LogP contribution in [0.3, 0.4) is 0 Å². The van der Waals surface area contributed by atoms with E-state index in [9.17, 15) is 4.79 Å². The summed E-state index contributed by atoms with van der Waals surface area (Å²) in [5.41, 5.74) is 0. The molecule has 0 atom stereocenters. The van der Waals surface area contributed by atoms with Crippen molar-refractivity contribution in [2.75, 3.05) is 6.61 Å². The summed E-state index contributed by atoms with van der Waals surface area (Å²) >= 11 is 0. The van der Waals surface area contributed by atoms with Crippen molar-refractivity contribution in [2.45, 2.75) is 26.2 Å². The highest BCUT2D eigenvalue weighted by molar-refractivity contribution is 5.82. The summed E-state index contributed by atoms with van der Waals surface area (Å²) in [5, 5.41) is 0. The Kier molecular flexibility index (Phi) is 9.80. The molecule has 0 heterocycles. The van der Waals surface area contributed by atoms with Crippen molar-refractivity contribution < 1.29 is 9.53 Å². The van der Waals surface area contributed by atoms with E-state index in [1.54, 1.807) is 0 Å². The molecule has 0 rings (SSSR count). The van der Waals surface area contributed by atoms with Gasteiger partial charge >= 0.3 is 5.97 Å². The van der Waals surface area contributed by atoms with Crippen LogP contribution in [0.5, 0.6) is 0 Å². The number of carbonyl (C=O) groups excluding carboxylic acids is 1. The van der Waals surface area contributed by atoms with Gasteiger partial charge in [0.15, 0.2) is 0 Å². The number of esters is 1. The minimum atomic E-state index is -0.383. The first-order valence-electron chi connectivity index (χ1n) is 5.22. The van der Waals surface area contributed by atoms with Gasteiger partial charge in [-0.1, -0.05) is 37.2 Å². The summed E-state index contributed by atoms with van der Waals surface area (Å²) in [6.45, 7) is 5.80. The largest absolute Gasteiger partial charge is 0.461 e. The van der Waals surface area contributed by atoms with E-state index >= 15 is 0 Å². The number of carbonyl (C=O) groups is 1. The molecular formula is C14H16O2. The van der Waals surface area contributed by atoms with E-state index in [-0.39, 0.29) is 5.97 Å². The molecule has 0 bridgehead atoms. The van der Waals surface area contributed by atoms with E-state index in [4.69, 9.17) is 4.74 Å². The topological polar surface area (TPSA) is 26.3 Å². The summed E-state index contributed by atoms with van der Waals surface area (Å²) in [7, 11) is 0. The maximum absolute atomic E-state index is 11.1. The molecule has 84 valence electrons. The summed E-state index contributed by atoms with van der Waals surface area (Å²) in [5.74, 6) is 10.7. The first-order valence-corrected chi connectivity index (χ1v) is 5.22. The number of allylic oxidation sites excluding steroid dienone is 2. The van der Waals surface area contributed by atoms with Crippen LogP contribution < -0.4 is 0 Å². The number of unbranched alkanes of at least 4 members (excludes halogenated alkanes) is 1. The molecule has 0 saturated carbocycles. The molecule has 0 aromatic carbocycles. The molecular weight excluding hydrogens is 200 g/mol. The van der Waals surface area contributed by atoms with Gasteiger partial charge in [-0.05, 0) is 18.6 Å². The summed E-state index contributed by atoms with van der Waals surface area (Å²) in [6.07, 6.45) is 6.72. The van der Waals surface area contributed by atoms with Crippen molar-refractivity contribution in [3.63, 3.8) is 0 Å². The summed E-state index contributed by atoms with van der Waals surface area (Å²) in [6, 6.07) is 0. The molecule has 0 spiro atoms. The van der Waals surface area contributed by atoms with Crippen LogP contribution in [0.15, 0.2) is 24.8 Å². The fourth-order valence-electron chi connectivity index (χ4n) is 0.761. The van der Waals surface area contributed by atoms with E-state index in [1.165, 1.54) is 18.2 Å². The number of hydrogen-bond donors (Lipinski definition) is 0. The highest BCUT2D eigenvalue weighted by Crippen LogP contribution is 1.85. The zero-order valence-electron chi connectivity index (χ0n) is 9.58. The Morgan fingerprint density at radius 1 is 1.31 bits per heavy atom. The molecule has 0 aliphatic rings. The first-order chi connectivity index (χ1) is 7.81. The Bertz CT molecular complexity index is 356. The number of hydrogen-bond acceptors (Lipinski definition) is 2. The fraction of sp³-hybridized carbons (Fsp3) is 0.357. The van der Waals surface area contributed by atoms with Crippen LogP contribution in [-0.4, -0.2) is 12.6 Å². The standard InChI is InChI=1S/C14H16O2/c1-3-5-7-9-10-12-14(15)16-13-11-8-6-4-2/h4,10,12H,2-3,5,11,13H2,1H3. The molecule has 0 radical (unpaired) electrons. The van der Waals surface area contributed by atoms with Gasteiger partial charge in [-0.25, -0.2) is 4.79 Å². The lowest BCUT2D eigenvalue weighted by Gasteiger charge is -1.95. The molecule has 0 aromatic heterocycles. The number of rotatable bonds is 4. The third kappa shape index (κ3) is 10.2. The molecule has 0 fully saturated rings. The van der Waals surface area contributed by atoms with E-state index in [1.807, 2.05) is 0 Å². The molecule has 0 N–H and O–H groups in total. The molecule has 0 aliphatic heterocycles. The molecule has 0 amide bonds. The van der Waals surface area contributed by atoms with Gasteiger partial charge in [-0.2, -0.15) is 0 Å². The van der Waals surface area contributed by atoms with Gasteiger partial charge in [0, 0.05) is 18.9 Å². The van der Waals surface area contributed by atoms with Crippen molar-refractivity contribution in [3.8, 4) is 23.7 Å². The van der Waals surface area contributed by atoms with Crippen molar-refractivity contribution in [1.29, 1.82) is 0 Å². The predicted octanol–water partition coefficient (Wildman–Crippen LogP) is 2.47. The van der Waals surface area contributed by atoms with E-state index in [0.717, 1.165) is 12.8 Å². The highest BCUT2D eigenvalue weighted by Gasteiger charge is 1.93. The van der Waals surface area contributed by atoms with Gasteiger partial charge in [0.2, 0.25) is 0 Å². The van der Waals surface area contributed by atoms with Crippen LogP contribution in [0.1, 0.15) is 26.2 Å². The minimum Gasteiger partial charge on any atom is -0.461 e. The minimum absolute atomic E-state index is 0.298. The average Bonchev–Trinajstić information content (AvgIpc) is 2.28. The summed E-state index contributed by atoms with van der Waals surface area (Å²) in [4.78, 5) is 11.1. The second-order valence-electron chi connectivity index (χ2n) is 2.85. The molecule has 0 unspecified atom stereocenters. The Hall–Kier alpha value is -1.93. The average molecular weight is 216 g/mol. The van der Waals surface area contributed by atoms with Crippen molar-refractivity contribution >= 4 is 5.97 Å². The van der Waals surface area contributed by atoms with Crippen LogP contribution in [-0.2, 0) is 9.53 Å². The van der Waals surface area contributed by atoms with E-state index < -0.39 is 0 Å². The highest BCUT2D eigenvalue weighted by atomic mass is 16.5. The Morgan fingerprint density at radius 3 is 2.75 bits per heavy atom. The lowest BCUT2D eigenvalue weighted by Crippen LogP contribution is -2.01. The SMILES string of the molecule is C=CC#CCCOC(=O)C=CC#CCCC. The van der Waals surface area contributed by atoms with Crippen molar-refractivity contribution in [2.24, 2.45) is 0 Å². The lowest BCUT2D eigenvalue weighted by molar-refractivity contribution is -0.137. The molecule has 0 aliphatic carbocycles. The molecule has 2 nitrogen and oxygen atoms in total. The maximum Gasteiger partial charge on any atom is 0.331 e. The molecule has 0 aromatic rings. The van der Waals surface area contributed by atoms with Crippen molar-refractivity contribution in [1.82, 2.24) is 0 Å². The zero-order chi connectivity index (χ0) is 12.1. The maximum atomic E-state index is 11.1. The monoisotopic (exact) mass is 216 g/mol. The quantitative estimate of drug-likeness (QED) is 0.312. The van der Waals surface area contributed by atoms with Crippen molar-refractivity contribution in [3.05, 3.63) is 24.8 Å². The molecule has 16 heavy (non-hydrogen) atoms. The predicted molar refractivity (Wildman–Crippen MR) is 65.4 cm³/mol. The summed E-state index contributed by atoms with van der Waals surface area (Å²) < 4.78 is 4.86. The van der Waals surface area contributed by atoms with Crippen LogP contribution in [0.2, 0.25) is 0 Å². The molecule has 2 heteroatoms. The van der Waals surface area contributed by atoms with Gasteiger partial charge in [0.05, 0.1) is 0 Å². The fourth-order valence-corrected chi connectivity index (χ4v) is 0.761. The smallest absolute Gasteiger partial charge is 0.331 e. The Labute approximate surface area is 97.4 Å². The van der Waals surface area contributed by atoms with Crippen LogP contribution in [0.25, 0.3) is 0 Å².